The molecule has 4 rings (SSSR count). The van der Waals surface area contributed by atoms with E-state index < -0.39 is 0 Å². The van der Waals surface area contributed by atoms with Gasteiger partial charge < -0.3 is 14.6 Å². The standard InChI is InChI=1S/C22H23N3O/c1-23-15-17-8-10-18(11-9-17)16-26-14-13-25-21-7-3-2-5-19(21)20-6-4-12-24-22(20)25/h2-12,23H,13-16H2,1H3. The fourth-order valence-electron chi connectivity index (χ4n) is 3.40. The van der Waals surface area contributed by atoms with Crippen molar-refractivity contribution >= 4 is 21.9 Å². The normalized spacial score (nSPS) is 11.4. The molecule has 26 heavy (non-hydrogen) atoms. The van der Waals surface area contributed by atoms with Crippen molar-refractivity contribution in [1.29, 1.82) is 0 Å². The predicted octanol–water partition coefficient (Wildman–Crippen LogP) is 4.13. The molecule has 0 radical (unpaired) electrons. The average Bonchev–Trinajstić information content (AvgIpc) is 3.01. The second-order valence-electron chi connectivity index (χ2n) is 6.44. The van der Waals surface area contributed by atoms with Gasteiger partial charge in [-0.3, -0.25) is 0 Å². The first-order valence-electron chi connectivity index (χ1n) is 8.99. The van der Waals surface area contributed by atoms with E-state index in [1.165, 1.54) is 27.4 Å². The molecule has 0 aliphatic carbocycles. The Kier molecular flexibility index (Phi) is 4.95. The fourth-order valence-corrected chi connectivity index (χ4v) is 3.40. The van der Waals surface area contributed by atoms with Gasteiger partial charge in [0.25, 0.3) is 0 Å². The summed E-state index contributed by atoms with van der Waals surface area (Å²) in [7, 11) is 1.96. The van der Waals surface area contributed by atoms with Crippen LogP contribution in [0, 0.1) is 0 Å². The fraction of sp³-hybridized carbons (Fsp3) is 0.227. The lowest BCUT2D eigenvalue weighted by Crippen LogP contribution is -2.07. The molecule has 2 aromatic carbocycles. The number of hydrogen-bond acceptors (Lipinski definition) is 3. The van der Waals surface area contributed by atoms with E-state index in [4.69, 9.17) is 4.74 Å². The Hall–Kier alpha value is -2.69. The lowest BCUT2D eigenvalue weighted by molar-refractivity contribution is 0.114. The molecule has 1 N–H and O–H groups in total. The molecule has 0 atom stereocenters. The summed E-state index contributed by atoms with van der Waals surface area (Å²) in [5.74, 6) is 0. The molecule has 2 heterocycles. The smallest absolute Gasteiger partial charge is 0.141 e. The van der Waals surface area contributed by atoms with Crippen molar-refractivity contribution in [1.82, 2.24) is 14.9 Å². The minimum absolute atomic E-state index is 0.629. The molecular weight excluding hydrogens is 322 g/mol. The maximum atomic E-state index is 5.93. The van der Waals surface area contributed by atoms with Crippen LogP contribution in [0.1, 0.15) is 11.1 Å². The van der Waals surface area contributed by atoms with Crippen molar-refractivity contribution in [2.75, 3.05) is 13.7 Å². The SMILES string of the molecule is CNCc1ccc(COCCn2c3ccccc3c3cccnc32)cc1. The van der Waals surface area contributed by atoms with Crippen molar-refractivity contribution in [3.63, 3.8) is 0 Å². The number of aromatic nitrogens is 2. The summed E-state index contributed by atoms with van der Waals surface area (Å²) in [5.41, 5.74) is 4.72. The average molecular weight is 345 g/mol. The summed E-state index contributed by atoms with van der Waals surface area (Å²) in [5, 5.41) is 5.60. The quantitative estimate of drug-likeness (QED) is 0.512. The molecule has 0 aliphatic heterocycles. The molecule has 0 saturated heterocycles. The Morgan fingerprint density at radius 3 is 2.54 bits per heavy atom. The number of nitrogens with one attached hydrogen (secondary N) is 1. The summed E-state index contributed by atoms with van der Waals surface area (Å²) in [4.78, 5) is 4.58. The second-order valence-corrected chi connectivity index (χ2v) is 6.44. The highest BCUT2D eigenvalue weighted by molar-refractivity contribution is 6.06. The molecule has 0 fully saturated rings. The van der Waals surface area contributed by atoms with Crippen molar-refractivity contribution in [3.8, 4) is 0 Å². The summed E-state index contributed by atoms with van der Waals surface area (Å²) in [6, 6.07) is 21.1. The number of rotatable bonds is 7. The maximum Gasteiger partial charge on any atom is 0.141 e. The molecule has 0 amide bonds. The molecule has 132 valence electrons. The molecule has 0 aliphatic rings. The van der Waals surface area contributed by atoms with Crippen LogP contribution in [0.15, 0.2) is 66.9 Å². The summed E-state index contributed by atoms with van der Waals surface area (Å²) in [6.45, 7) is 2.97. The Labute approximate surface area is 153 Å². The molecule has 4 heteroatoms. The Morgan fingerprint density at radius 1 is 0.923 bits per heavy atom. The minimum Gasteiger partial charge on any atom is -0.375 e. The first-order chi connectivity index (χ1) is 12.9. The highest BCUT2D eigenvalue weighted by atomic mass is 16.5. The van der Waals surface area contributed by atoms with Crippen LogP contribution >= 0.6 is 0 Å². The predicted molar refractivity (Wildman–Crippen MR) is 106 cm³/mol. The van der Waals surface area contributed by atoms with Gasteiger partial charge in [0.15, 0.2) is 0 Å². The van der Waals surface area contributed by atoms with E-state index in [1.807, 2.05) is 19.3 Å². The monoisotopic (exact) mass is 345 g/mol. The molecular formula is C22H23N3O. The van der Waals surface area contributed by atoms with Crippen molar-refractivity contribution < 1.29 is 4.74 Å². The minimum atomic E-state index is 0.629. The van der Waals surface area contributed by atoms with Gasteiger partial charge in [-0.2, -0.15) is 0 Å². The number of ether oxygens (including phenoxy) is 1. The van der Waals surface area contributed by atoms with Crippen LogP contribution < -0.4 is 5.32 Å². The third-order valence-corrected chi connectivity index (χ3v) is 4.66. The zero-order chi connectivity index (χ0) is 17.8. The molecule has 0 unspecified atom stereocenters. The molecule has 0 spiro atoms. The van der Waals surface area contributed by atoms with E-state index in [0.717, 1.165) is 18.7 Å². The lowest BCUT2D eigenvalue weighted by Gasteiger charge is -2.09. The molecule has 4 aromatic rings. The van der Waals surface area contributed by atoms with E-state index in [0.29, 0.717) is 13.2 Å². The summed E-state index contributed by atoms with van der Waals surface area (Å²) in [6.07, 6.45) is 1.85. The van der Waals surface area contributed by atoms with Crippen LogP contribution in [0.2, 0.25) is 0 Å². The Balaban J connectivity index is 1.44. The Morgan fingerprint density at radius 2 is 1.69 bits per heavy atom. The zero-order valence-corrected chi connectivity index (χ0v) is 15.0. The van der Waals surface area contributed by atoms with Crippen LogP contribution in [-0.4, -0.2) is 23.2 Å². The molecule has 0 bridgehead atoms. The van der Waals surface area contributed by atoms with Gasteiger partial charge >= 0.3 is 0 Å². The van der Waals surface area contributed by atoms with Gasteiger partial charge in [-0.25, -0.2) is 4.98 Å². The number of para-hydroxylation sites is 1. The van der Waals surface area contributed by atoms with Gasteiger partial charge in [0.2, 0.25) is 0 Å². The molecule has 0 saturated carbocycles. The van der Waals surface area contributed by atoms with E-state index in [1.54, 1.807) is 0 Å². The Bertz CT molecular complexity index is 952. The van der Waals surface area contributed by atoms with Crippen molar-refractivity contribution in [2.45, 2.75) is 19.7 Å². The highest BCUT2D eigenvalue weighted by Crippen LogP contribution is 2.27. The largest absolute Gasteiger partial charge is 0.375 e. The van der Waals surface area contributed by atoms with Crippen LogP contribution in [-0.2, 0) is 24.4 Å². The van der Waals surface area contributed by atoms with Crippen molar-refractivity contribution in [3.05, 3.63) is 78.0 Å². The number of pyridine rings is 1. The first kappa shape index (κ1) is 16.8. The van der Waals surface area contributed by atoms with Gasteiger partial charge in [0, 0.05) is 30.1 Å². The van der Waals surface area contributed by atoms with E-state index in [2.05, 4.69) is 69.5 Å². The maximum absolute atomic E-state index is 5.93. The van der Waals surface area contributed by atoms with Crippen LogP contribution in [0.4, 0.5) is 0 Å². The van der Waals surface area contributed by atoms with Gasteiger partial charge in [-0.15, -0.1) is 0 Å². The number of nitrogens with zero attached hydrogens (tertiary/aromatic N) is 2. The van der Waals surface area contributed by atoms with Gasteiger partial charge in [-0.1, -0.05) is 42.5 Å². The van der Waals surface area contributed by atoms with Crippen LogP contribution in [0.25, 0.3) is 21.9 Å². The number of fused-ring (bicyclic) bond motifs is 3. The molecule has 2 aromatic heterocycles. The van der Waals surface area contributed by atoms with E-state index in [-0.39, 0.29) is 0 Å². The topological polar surface area (TPSA) is 39.1 Å². The third kappa shape index (κ3) is 3.34. The van der Waals surface area contributed by atoms with Crippen molar-refractivity contribution in [2.24, 2.45) is 0 Å². The van der Waals surface area contributed by atoms with E-state index >= 15 is 0 Å². The van der Waals surface area contributed by atoms with Gasteiger partial charge in [0.1, 0.15) is 5.65 Å². The number of benzene rings is 2. The third-order valence-electron chi connectivity index (χ3n) is 4.66. The lowest BCUT2D eigenvalue weighted by atomic mass is 10.1. The zero-order valence-electron chi connectivity index (χ0n) is 15.0. The van der Waals surface area contributed by atoms with Gasteiger partial charge in [0.05, 0.1) is 18.7 Å². The van der Waals surface area contributed by atoms with Crippen LogP contribution in [0.5, 0.6) is 0 Å². The van der Waals surface area contributed by atoms with Gasteiger partial charge in [-0.05, 0) is 36.4 Å². The second kappa shape index (κ2) is 7.68. The molecule has 4 nitrogen and oxygen atoms in total. The van der Waals surface area contributed by atoms with Crippen LogP contribution in [0.3, 0.4) is 0 Å². The summed E-state index contributed by atoms with van der Waals surface area (Å²) >= 11 is 0. The number of hydrogen-bond donors (Lipinski definition) is 1. The first-order valence-corrected chi connectivity index (χ1v) is 8.99. The van der Waals surface area contributed by atoms with E-state index in [9.17, 15) is 0 Å². The summed E-state index contributed by atoms with van der Waals surface area (Å²) < 4.78 is 8.18. The highest BCUT2D eigenvalue weighted by Gasteiger charge is 2.10.